The summed E-state index contributed by atoms with van der Waals surface area (Å²) in [5.74, 6) is 1.01. The number of halogens is 2. The molecule has 2 atom stereocenters. The van der Waals surface area contributed by atoms with Crippen molar-refractivity contribution in [3.63, 3.8) is 0 Å². The Balaban J connectivity index is 1.82. The first kappa shape index (κ1) is 20.0. The van der Waals surface area contributed by atoms with Crippen LogP contribution in [0.4, 0.5) is 0 Å². The summed E-state index contributed by atoms with van der Waals surface area (Å²) in [6.07, 6.45) is 0.292. The molecule has 0 saturated carbocycles. The van der Waals surface area contributed by atoms with E-state index in [0.717, 1.165) is 32.6 Å². The largest absolute Gasteiger partial charge is 0.508 e. The monoisotopic (exact) mass is 470 g/mol. The van der Waals surface area contributed by atoms with Crippen LogP contribution in [0.15, 0.2) is 76.2 Å². The van der Waals surface area contributed by atoms with Crippen LogP contribution in [0.25, 0.3) is 0 Å². The smallest absolute Gasteiger partial charge is 0.130 e. The van der Waals surface area contributed by atoms with Crippen LogP contribution in [0, 0.1) is 0 Å². The number of phenols is 1. The molecule has 1 aliphatic rings. The van der Waals surface area contributed by atoms with Gasteiger partial charge in [0.1, 0.15) is 17.7 Å². The van der Waals surface area contributed by atoms with Gasteiger partial charge in [0.15, 0.2) is 0 Å². The number of aliphatic imine (C=N–C) groups is 1. The Bertz CT molecular complexity index is 1070. The maximum Gasteiger partial charge on any atom is 0.130 e. The van der Waals surface area contributed by atoms with Gasteiger partial charge in [-0.2, -0.15) is 0 Å². The second-order valence-electron chi connectivity index (χ2n) is 6.86. The Labute approximate surface area is 183 Å². The molecule has 0 bridgehead atoms. The summed E-state index contributed by atoms with van der Waals surface area (Å²) in [4.78, 5) is 4.98. The molecule has 0 aromatic heterocycles. The maximum atomic E-state index is 10.4. The highest BCUT2D eigenvalue weighted by atomic mass is 79.9. The molecular weight excluding hydrogens is 452 g/mol. The SMILES string of the molecule is COc1ccc(Br)cc1[C@H]1N=C(c2cccc(Cl)c2)C[C@@H](c2ccccc2O)N1. The molecule has 0 radical (unpaired) electrons. The van der Waals surface area contributed by atoms with E-state index in [1.807, 2.05) is 60.7 Å². The number of nitrogens with one attached hydrogen (secondary N) is 1. The summed E-state index contributed by atoms with van der Waals surface area (Å²) in [7, 11) is 1.65. The van der Waals surface area contributed by atoms with Crippen LogP contribution in [0.1, 0.15) is 35.3 Å². The Morgan fingerprint density at radius 2 is 1.90 bits per heavy atom. The first-order chi connectivity index (χ1) is 14.0. The summed E-state index contributed by atoms with van der Waals surface area (Å²) < 4.78 is 6.52. The highest BCUT2D eigenvalue weighted by molar-refractivity contribution is 9.10. The molecule has 0 amide bonds. The van der Waals surface area contributed by atoms with Crippen molar-refractivity contribution >= 4 is 33.2 Å². The first-order valence-electron chi connectivity index (χ1n) is 9.25. The van der Waals surface area contributed by atoms with E-state index in [2.05, 4.69) is 21.2 Å². The van der Waals surface area contributed by atoms with E-state index in [4.69, 9.17) is 21.3 Å². The number of aromatic hydroxyl groups is 1. The van der Waals surface area contributed by atoms with Gasteiger partial charge >= 0.3 is 0 Å². The van der Waals surface area contributed by atoms with Gasteiger partial charge in [-0.15, -0.1) is 0 Å². The van der Waals surface area contributed by atoms with Crippen molar-refractivity contribution in [2.24, 2.45) is 4.99 Å². The van der Waals surface area contributed by atoms with Gasteiger partial charge in [-0.3, -0.25) is 10.3 Å². The highest BCUT2D eigenvalue weighted by Crippen LogP contribution is 2.37. The molecule has 3 aromatic rings. The van der Waals surface area contributed by atoms with Crippen LogP contribution in [-0.4, -0.2) is 17.9 Å². The van der Waals surface area contributed by atoms with Crippen LogP contribution in [0.3, 0.4) is 0 Å². The molecule has 0 unspecified atom stereocenters. The summed E-state index contributed by atoms with van der Waals surface area (Å²) >= 11 is 9.77. The Morgan fingerprint density at radius 1 is 1.07 bits per heavy atom. The van der Waals surface area contributed by atoms with Crippen molar-refractivity contribution in [1.82, 2.24) is 5.32 Å². The minimum absolute atomic E-state index is 0.114. The number of benzene rings is 3. The molecule has 0 spiro atoms. The second-order valence-corrected chi connectivity index (χ2v) is 8.21. The molecular formula is C23H20BrClN2O2. The van der Waals surface area contributed by atoms with Crippen LogP contribution in [0.5, 0.6) is 11.5 Å². The number of hydrogen-bond acceptors (Lipinski definition) is 4. The topological polar surface area (TPSA) is 53.9 Å². The normalized spacial score (nSPS) is 18.9. The zero-order valence-electron chi connectivity index (χ0n) is 15.8. The lowest BCUT2D eigenvalue weighted by molar-refractivity contribution is 0.381. The average Bonchev–Trinajstić information content (AvgIpc) is 2.74. The first-order valence-corrected chi connectivity index (χ1v) is 10.4. The molecule has 29 heavy (non-hydrogen) atoms. The zero-order valence-corrected chi connectivity index (χ0v) is 18.1. The lowest BCUT2D eigenvalue weighted by atomic mass is 9.93. The second kappa shape index (κ2) is 8.57. The lowest BCUT2D eigenvalue weighted by Crippen LogP contribution is -2.33. The van der Waals surface area contributed by atoms with Gasteiger partial charge in [-0.25, -0.2) is 0 Å². The van der Waals surface area contributed by atoms with Crippen LogP contribution >= 0.6 is 27.5 Å². The summed E-state index contributed by atoms with van der Waals surface area (Å²) in [6.45, 7) is 0. The third-order valence-corrected chi connectivity index (χ3v) is 5.73. The van der Waals surface area contributed by atoms with Crippen LogP contribution < -0.4 is 10.1 Å². The van der Waals surface area contributed by atoms with Gasteiger partial charge < -0.3 is 9.84 Å². The Hall–Kier alpha value is -2.34. The van der Waals surface area contributed by atoms with E-state index >= 15 is 0 Å². The minimum Gasteiger partial charge on any atom is -0.508 e. The van der Waals surface area contributed by atoms with E-state index in [1.165, 1.54) is 0 Å². The Morgan fingerprint density at radius 3 is 2.66 bits per heavy atom. The van der Waals surface area contributed by atoms with Crippen molar-refractivity contribution in [2.45, 2.75) is 18.6 Å². The molecule has 2 N–H and O–H groups in total. The van der Waals surface area contributed by atoms with E-state index in [-0.39, 0.29) is 18.0 Å². The van der Waals surface area contributed by atoms with E-state index in [0.29, 0.717) is 11.4 Å². The van der Waals surface area contributed by atoms with Gasteiger partial charge in [-0.1, -0.05) is 57.9 Å². The number of methoxy groups -OCH3 is 1. The number of hydrogen-bond donors (Lipinski definition) is 2. The van der Waals surface area contributed by atoms with E-state index < -0.39 is 0 Å². The predicted molar refractivity (Wildman–Crippen MR) is 120 cm³/mol. The molecule has 1 aliphatic heterocycles. The highest BCUT2D eigenvalue weighted by Gasteiger charge is 2.29. The summed E-state index contributed by atoms with van der Waals surface area (Å²) in [5.41, 5.74) is 3.65. The molecule has 0 saturated heterocycles. The standard InChI is InChI=1S/C23H20BrClN2O2/c1-29-22-10-9-15(24)12-18(22)23-26-19(14-5-4-6-16(25)11-14)13-20(27-23)17-7-2-3-8-21(17)28/h2-12,20,23,27-28H,13H2,1H3/t20-,23-/m0/s1. The van der Waals surface area contributed by atoms with Gasteiger partial charge in [-0.05, 0) is 42.0 Å². The molecule has 3 aromatic carbocycles. The number of nitrogens with zero attached hydrogens (tertiary/aromatic N) is 1. The quantitative estimate of drug-likeness (QED) is 0.488. The fraction of sp³-hybridized carbons (Fsp3) is 0.174. The Kier molecular flexibility index (Phi) is 5.90. The minimum atomic E-state index is -0.338. The third-order valence-electron chi connectivity index (χ3n) is 5.00. The zero-order chi connectivity index (χ0) is 20.4. The van der Waals surface area contributed by atoms with Crippen molar-refractivity contribution in [3.05, 3.63) is 92.9 Å². The molecule has 148 valence electrons. The molecule has 4 nitrogen and oxygen atoms in total. The fourth-order valence-electron chi connectivity index (χ4n) is 3.61. The van der Waals surface area contributed by atoms with Crippen molar-refractivity contribution in [3.8, 4) is 11.5 Å². The maximum absolute atomic E-state index is 10.4. The van der Waals surface area contributed by atoms with E-state index in [9.17, 15) is 5.11 Å². The molecule has 0 aliphatic carbocycles. The van der Waals surface area contributed by atoms with Gasteiger partial charge in [0.05, 0.1) is 7.11 Å². The number of phenolic OH excluding ortho intramolecular Hbond substituents is 1. The molecule has 0 fully saturated rings. The van der Waals surface area contributed by atoms with Gasteiger partial charge in [0, 0.05) is 38.8 Å². The summed E-state index contributed by atoms with van der Waals surface area (Å²) in [5, 5.41) is 14.7. The van der Waals surface area contributed by atoms with Crippen molar-refractivity contribution in [1.29, 1.82) is 0 Å². The van der Waals surface area contributed by atoms with Gasteiger partial charge in [0.25, 0.3) is 0 Å². The lowest BCUT2D eigenvalue weighted by Gasteiger charge is -2.31. The predicted octanol–water partition coefficient (Wildman–Crippen LogP) is 6.04. The van der Waals surface area contributed by atoms with Crippen molar-refractivity contribution in [2.75, 3.05) is 7.11 Å². The van der Waals surface area contributed by atoms with Gasteiger partial charge in [0.2, 0.25) is 0 Å². The van der Waals surface area contributed by atoms with E-state index in [1.54, 1.807) is 13.2 Å². The fourth-order valence-corrected chi connectivity index (χ4v) is 4.18. The average molecular weight is 472 g/mol. The molecule has 4 rings (SSSR count). The molecule has 1 heterocycles. The number of ether oxygens (including phenoxy) is 1. The van der Waals surface area contributed by atoms with Crippen LogP contribution in [-0.2, 0) is 0 Å². The van der Waals surface area contributed by atoms with Crippen molar-refractivity contribution < 1.29 is 9.84 Å². The number of para-hydroxylation sites is 1. The summed E-state index contributed by atoms with van der Waals surface area (Å²) in [6, 6.07) is 20.8. The van der Waals surface area contributed by atoms with Crippen LogP contribution in [0.2, 0.25) is 5.02 Å². The third kappa shape index (κ3) is 4.32. The number of rotatable bonds is 4. The molecule has 6 heteroatoms.